The normalized spacial score (nSPS) is 16.7. The van der Waals surface area contributed by atoms with Crippen molar-refractivity contribution in [2.45, 2.75) is 18.1 Å². The van der Waals surface area contributed by atoms with Crippen molar-refractivity contribution in [1.29, 1.82) is 5.26 Å². The maximum absolute atomic E-state index is 13.5. The zero-order valence-electron chi connectivity index (χ0n) is 18.6. The van der Waals surface area contributed by atoms with Crippen LogP contribution in [-0.2, 0) is 22.4 Å². The number of thioether (sulfide) groups is 1. The molecule has 1 aliphatic rings. The molecule has 1 saturated heterocycles. The van der Waals surface area contributed by atoms with E-state index in [4.69, 9.17) is 0 Å². The third kappa shape index (κ3) is 6.23. The van der Waals surface area contributed by atoms with E-state index in [1.807, 2.05) is 66.7 Å². The molecule has 3 aromatic rings. The van der Waals surface area contributed by atoms with Gasteiger partial charge in [0.25, 0.3) is 5.91 Å². The smallest absolute Gasteiger partial charge is 0.264 e. The number of benzene rings is 3. The summed E-state index contributed by atoms with van der Waals surface area (Å²) in [6.45, 7) is 0.389. The van der Waals surface area contributed by atoms with Crippen molar-refractivity contribution >= 4 is 61.1 Å². The summed E-state index contributed by atoms with van der Waals surface area (Å²) < 4.78 is 1.83. The first-order chi connectivity index (χ1) is 17.0. The fraction of sp³-hybridized carbons (Fsp3) is 0.148. The molecule has 1 N–H and O–H groups in total. The first-order valence-electron chi connectivity index (χ1n) is 10.9. The Kier molecular flexibility index (Phi) is 8.45. The third-order valence-electron chi connectivity index (χ3n) is 5.47. The second kappa shape index (κ2) is 11.7. The molecule has 1 fully saturated rings. The molecule has 0 radical (unpaired) electrons. The number of rotatable bonds is 7. The van der Waals surface area contributed by atoms with E-state index in [2.05, 4.69) is 43.2 Å². The van der Waals surface area contributed by atoms with Crippen LogP contribution in [0, 0.1) is 11.3 Å². The number of hydrogen-bond donors (Lipinski definition) is 1. The van der Waals surface area contributed by atoms with E-state index in [-0.39, 0.29) is 11.5 Å². The molecule has 3 aromatic carbocycles. The summed E-state index contributed by atoms with van der Waals surface area (Å²) in [5.41, 5.74) is 2.65. The summed E-state index contributed by atoms with van der Waals surface area (Å²) >= 11 is 8.12. The lowest BCUT2D eigenvalue weighted by Crippen LogP contribution is -2.32. The minimum atomic E-state index is -0.481. The number of amides is 2. The fourth-order valence-corrected chi connectivity index (χ4v) is 5.54. The summed E-state index contributed by atoms with van der Waals surface area (Å²) in [5.74, 6) is -0.634. The Morgan fingerprint density at radius 2 is 1.57 bits per heavy atom. The maximum atomic E-state index is 13.5. The Balaban J connectivity index is 1.61. The number of halogens is 2. The van der Waals surface area contributed by atoms with Crippen LogP contribution in [0.2, 0.25) is 0 Å². The lowest BCUT2D eigenvalue weighted by molar-refractivity contribution is -0.117. The summed E-state index contributed by atoms with van der Waals surface area (Å²) in [6, 6.07) is 26.9. The average molecular weight is 611 g/mol. The lowest BCUT2D eigenvalue weighted by Gasteiger charge is -2.19. The van der Waals surface area contributed by atoms with E-state index >= 15 is 0 Å². The fourth-order valence-electron chi connectivity index (χ4n) is 3.70. The summed E-state index contributed by atoms with van der Waals surface area (Å²) in [5, 5.41) is 12.7. The molecule has 1 aliphatic heterocycles. The summed E-state index contributed by atoms with van der Waals surface area (Å²) in [7, 11) is 0. The van der Waals surface area contributed by atoms with E-state index in [1.165, 1.54) is 16.7 Å². The molecule has 0 saturated carbocycles. The molecule has 0 aliphatic carbocycles. The lowest BCUT2D eigenvalue weighted by atomic mass is 10.1. The monoisotopic (exact) mass is 609 g/mol. The molecular formula is C27H21Br2N3O2S. The van der Waals surface area contributed by atoms with E-state index in [0.717, 1.165) is 20.1 Å². The van der Waals surface area contributed by atoms with Crippen molar-refractivity contribution in [1.82, 2.24) is 5.32 Å². The van der Waals surface area contributed by atoms with Crippen molar-refractivity contribution < 1.29 is 9.59 Å². The van der Waals surface area contributed by atoms with Crippen LogP contribution >= 0.6 is 43.6 Å². The number of nitrogens with one attached hydrogen (secondary N) is 1. The second-order valence-corrected chi connectivity index (χ2v) is 10.9. The molecule has 1 heterocycles. The van der Waals surface area contributed by atoms with Crippen LogP contribution in [-0.4, -0.2) is 23.6 Å². The third-order valence-corrected chi connectivity index (χ3v) is 7.79. The molecule has 8 heteroatoms. The Morgan fingerprint density at radius 1 is 0.943 bits per heavy atom. The van der Waals surface area contributed by atoms with Crippen LogP contribution < -0.4 is 10.2 Å². The van der Waals surface area contributed by atoms with Gasteiger partial charge in [0.05, 0.1) is 5.25 Å². The van der Waals surface area contributed by atoms with Gasteiger partial charge in [0, 0.05) is 21.2 Å². The Morgan fingerprint density at radius 3 is 2.20 bits per heavy atom. The Hall–Kier alpha value is -2.86. The number of hydrogen-bond acceptors (Lipinski definition) is 4. The van der Waals surface area contributed by atoms with Gasteiger partial charge in [0.2, 0.25) is 5.91 Å². The van der Waals surface area contributed by atoms with Crippen LogP contribution in [0.5, 0.6) is 0 Å². The number of anilines is 1. The highest BCUT2D eigenvalue weighted by Crippen LogP contribution is 2.42. The van der Waals surface area contributed by atoms with Crippen molar-refractivity contribution in [3.63, 3.8) is 0 Å². The van der Waals surface area contributed by atoms with Gasteiger partial charge in [0.15, 0.2) is 0 Å². The number of carbonyl (C=O) groups excluding carboxylic acids is 2. The number of carbonyl (C=O) groups is 2. The van der Waals surface area contributed by atoms with E-state index in [0.29, 0.717) is 30.1 Å². The van der Waals surface area contributed by atoms with Crippen molar-refractivity contribution in [3.05, 3.63) is 110 Å². The molecular weight excluding hydrogens is 590 g/mol. The molecule has 2 amide bonds. The quantitative estimate of drug-likeness (QED) is 0.263. The predicted molar refractivity (Wildman–Crippen MR) is 147 cm³/mol. The van der Waals surface area contributed by atoms with Gasteiger partial charge in [-0.05, 0) is 60.4 Å². The number of nitriles is 1. The Labute approximate surface area is 225 Å². The molecule has 1 atom stereocenters. The van der Waals surface area contributed by atoms with E-state index < -0.39 is 11.2 Å². The van der Waals surface area contributed by atoms with Gasteiger partial charge in [-0.3, -0.25) is 14.5 Å². The van der Waals surface area contributed by atoms with E-state index in [9.17, 15) is 14.9 Å². The van der Waals surface area contributed by atoms with Crippen molar-refractivity contribution in [2.75, 3.05) is 11.4 Å². The molecule has 0 aromatic heterocycles. The first-order valence-corrected chi connectivity index (χ1v) is 13.4. The minimum absolute atomic E-state index is 0.0577. The molecule has 0 unspecified atom stereocenters. The summed E-state index contributed by atoms with van der Waals surface area (Å²) in [4.78, 5) is 28.1. The zero-order chi connectivity index (χ0) is 24.8. The van der Waals surface area contributed by atoms with Crippen molar-refractivity contribution in [2.24, 2.45) is 0 Å². The number of nitrogens with zero attached hydrogens (tertiary/aromatic N) is 2. The highest BCUT2D eigenvalue weighted by atomic mass is 79.9. The largest absolute Gasteiger partial charge is 0.351 e. The van der Waals surface area contributed by atoms with Crippen LogP contribution in [0.3, 0.4) is 0 Å². The maximum Gasteiger partial charge on any atom is 0.264 e. The highest BCUT2D eigenvalue weighted by molar-refractivity contribution is 9.10. The molecule has 5 nitrogen and oxygen atoms in total. The molecule has 0 spiro atoms. The van der Waals surface area contributed by atoms with Gasteiger partial charge in [-0.1, -0.05) is 86.1 Å². The van der Waals surface area contributed by atoms with Crippen LogP contribution in [0.15, 0.2) is 98.4 Å². The standard InChI is InChI=1S/C27H21Br2N3O2S/c28-20-8-6-19(7-9-20)16-24-26(34)32(22-12-10-21(29)11-13-22)27(35-24)23(17-30)25(33)31-15-14-18-4-2-1-3-5-18/h1-13,24H,14-16H2,(H,31,33)/b27-23-/t24-/m0/s1. The molecule has 35 heavy (non-hydrogen) atoms. The topological polar surface area (TPSA) is 73.2 Å². The van der Waals surface area contributed by atoms with Gasteiger partial charge < -0.3 is 5.32 Å². The molecule has 4 rings (SSSR count). The van der Waals surface area contributed by atoms with Crippen LogP contribution in [0.25, 0.3) is 0 Å². The zero-order valence-corrected chi connectivity index (χ0v) is 22.6. The van der Waals surface area contributed by atoms with E-state index in [1.54, 1.807) is 12.1 Å². The summed E-state index contributed by atoms with van der Waals surface area (Å²) in [6.07, 6.45) is 1.14. The SMILES string of the molecule is N#C/C(C(=O)NCCc1ccccc1)=C1/S[C@@H](Cc2ccc(Br)cc2)C(=O)N1c1ccc(Br)cc1. The van der Waals surface area contributed by atoms with Gasteiger partial charge in [0.1, 0.15) is 16.7 Å². The second-order valence-electron chi connectivity index (χ2n) is 7.87. The molecule has 176 valence electrons. The van der Waals surface area contributed by atoms with Crippen molar-refractivity contribution in [3.8, 4) is 6.07 Å². The molecule has 0 bridgehead atoms. The predicted octanol–water partition coefficient (Wildman–Crippen LogP) is 6.00. The van der Waals surface area contributed by atoms with Gasteiger partial charge in [-0.15, -0.1) is 0 Å². The van der Waals surface area contributed by atoms with Crippen LogP contribution in [0.4, 0.5) is 5.69 Å². The van der Waals surface area contributed by atoms with Crippen LogP contribution in [0.1, 0.15) is 11.1 Å². The minimum Gasteiger partial charge on any atom is -0.351 e. The average Bonchev–Trinajstić information content (AvgIpc) is 3.17. The highest BCUT2D eigenvalue weighted by Gasteiger charge is 2.40. The van der Waals surface area contributed by atoms with Gasteiger partial charge in [-0.25, -0.2) is 0 Å². The first kappa shape index (κ1) is 25.2. The van der Waals surface area contributed by atoms with Gasteiger partial charge in [-0.2, -0.15) is 5.26 Å². The van der Waals surface area contributed by atoms with Gasteiger partial charge >= 0.3 is 0 Å². The Bertz CT molecular complexity index is 1290.